The number of hydrogen-bond donors (Lipinski definition) is 0. The van der Waals surface area contributed by atoms with Crippen molar-refractivity contribution < 1.29 is 0 Å². The summed E-state index contributed by atoms with van der Waals surface area (Å²) in [5.41, 5.74) is 4.24. The fourth-order valence-electron chi connectivity index (χ4n) is 2.99. The van der Waals surface area contributed by atoms with Gasteiger partial charge in [-0.25, -0.2) is 0 Å². The molecule has 1 aliphatic heterocycles. The summed E-state index contributed by atoms with van der Waals surface area (Å²) in [5.74, 6) is 1.75. The first-order chi connectivity index (χ1) is 11.1. The fraction of sp³-hybridized carbons (Fsp3) is 0.167. The summed E-state index contributed by atoms with van der Waals surface area (Å²) in [6.07, 6.45) is 0. The molecule has 23 heavy (non-hydrogen) atoms. The summed E-state index contributed by atoms with van der Waals surface area (Å²) in [5, 5.41) is 8.58. The number of aromatic nitrogens is 3. The molecule has 0 aliphatic carbocycles. The zero-order valence-corrected chi connectivity index (χ0v) is 14.4. The highest BCUT2D eigenvalue weighted by Crippen LogP contribution is 2.31. The van der Waals surface area contributed by atoms with E-state index in [1.54, 1.807) is 0 Å². The number of rotatable bonds is 1. The van der Waals surface area contributed by atoms with Gasteiger partial charge in [-0.2, -0.15) is 0 Å². The zero-order valence-electron chi connectivity index (χ0n) is 12.9. The molecule has 0 saturated heterocycles. The molecule has 0 N–H and O–H groups in total. The van der Waals surface area contributed by atoms with Gasteiger partial charge in [-0.05, 0) is 32.0 Å². The summed E-state index contributed by atoms with van der Waals surface area (Å²) in [6, 6.07) is 16.5. The van der Waals surface area contributed by atoms with Crippen LogP contribution in [0.5, 0.6) is 0 Å². The molecular weight excluding hydrogens is 352 g/mol. The van der Waals surface area contributed by atoms with E-state index in [4.69, 9.17) is 4.99 Å². The third kappa shape index (κ3) is 2.32. The second-order valence-electron chi connectivity index (χ2n) is 5.62. The van der Waals surface area contributed by atoms with Gasteiger partial charge in [-0.3, -0.25) is 9.56 Å². The van der Waals surface area contributed by atoms with E-state index in [-0.39, 0.29) is 6.04 Å². The third-order valence-electron chi connectivity index (χ3n) is 4.05. The first-order valence-electron chi connectivity index (χ1n) is 7.50. The predicted molar refractivity (Wildman–Crippen MR) is 94.3 cm³/mol. The van der Waals surface area contributed by atoms with Crippen molar-refractivity contribution in [3.63, 3.8) is 0 Å². The van der Waals surface area contributed by atoms with Crippen LogP contribution in [0.1, 0.15) is 35.7 Å². The highest BCUT2D eigenvalue weighted by molar-refractivity contribution is 9.10. The maximum atomic E-state index is 4.96. The van der Waals surface area contributed by atoms with Crippen molar-refractivity contribution >= 4 is 21.6 Å². The second-order valence-corrected chi connectivity index (χ2v) is 6.54. The van der Waals surface area contributed by atoms with E-state index in [1.807, 2.05) is 31.2 Å². The molecule has 0 bridgehead atoms. The van der Waals surface area contributed by atoms with Crippen molar-refractivity contribution in [2.75, 3.05) is 0 Å². The molecule has 2 heterocycles. The maximum absolute atomic E-state index is 4.96. The Labute approximate surface area is 143 Å². The maximum Gasteiger partial charge on any atom is 0.162 e. The molecule has 3 aromatic rings. The molecule has 0 unspecified atom stereocenters. The SMILES string of the molecule is Cc1nnc2n1-c1ccc(Br)cc1C(c1ccccc1)=N[C@H]2C. The van der Waals surface area contributed by atoms with E-state index in [0.29, 0.717) is 0 Å². The second kappa shape index (κ2) is 5.42. The molecule has 4 rings (SSSR count). The lowest BCUT2D eigenvalue weighted by Crippen LogP contribution is -2.08. The summed E-state index contributed by atoms with van der Waals surface area (Å²) in [4.78, 5) is 4.96. The number of aliphatic imine (C=N–C) groups is 1. The molecule has 4 nitrogen and oxygen atoms in total. The lowest BCUT2D eigenvalue weighted by atomic mass is 10.0. The Balaban J connectivity index is 2.06. The molecule has 0 saturated carbocycles. The van der Waals surface area contributed by atoms with E-state index in [1.165, 1.54) is 0 Å². The Hall–Kier alpha value is -2.27. The Morgan fingerprint density at radius 3 is 2.61 bits per heavy atom. The molecule has 5 heteroatoms. The Bertz CT molecular complexity index is 912. The molecule has 0 spiro atoms. The van der Waals surface area contributed by atoms with Crippen LogP contribution < -0.4 is 0 Å². The molecule has 0 fully saturated rings. The standard InChI is InChI=1S/C18H15BrN4/c1-11-18-22-21-12(2)23(18)16-9-8-14(19)10-15(16)17(20-11)13-6-4-3-5-7-13/h3-11H,1-2H3/t11-/m0/s1. The van der Waals surface area contributed by atoms with Gasteiger partial charge in [0.2, 0.25) is 0 Å². The van der Waals surface area contributed by atoms with Crippen LogP contribution in [0, 0.1) is 6.92 Å². The third-order valence-corrected chi connectivity index (χ3v) is 4.54. The first-order valence-corrected chi connectivity index (χ1v) is 8.30. The summed E-state index contributed by atoms with van der Waals surface area (Å²) in [7, 11) is 0. The van der Waals surface area contributed by atoms with Gasteiger partial charge in [0.25, 0.3) is 0 Å². The van der Waals surface area contributed by atoms with Crippen molar-refractivity contribution in [1.82, 2.24) is 14.8 Å². The van der Waals surface area contributed by atoms with Gasteiger partial charge in [0, 0.05) is 15.6 Å². The molecule has 1 atom stereocenters. The van der Waals surface area contributed by atoms with Crippen LogP contribution in [0.25, 0.3) is 5.69 Å². The summed E-state index contributed by atoms with van der Waals surface area (Å²) < 4.78 is 3.13. The summed E-state index contributed by atoms with van der Waals surface area (Å²) >= 11 is 3.58. The van der Waals surface area contributed by atoms with Crippen LogP contribution in [0.2, 0.25) is 0 Å². The zero-order chi connectivity index (χ0) is 16.0. The van der Waals surface area contributed by atoms with Crippen LogP contribution in [0.15, 0.2) is 58.0 Å². The van der Waals surface area contributed by atoms with Gasteiger partial charge < -0.3 is 0 Å². The number of benzene rings is 2. The molecule has 1 aliphatic rings. The van der Waals surface area contributed by atoms with Crippen molar-refractivity contribution in [3.8, 4) is 5.69 Å². The van der Waals surface area contributed by atoms with E-state index in [9.17, 15) is 0 Å². The monoisotopic (exact) mass is 366 g/mol. The first kappa shape index (κ1) is 14.3. The van der Waals surface area contributed by atoms with Crippen LogP contribution in [-0.4, -0.2) is 20.5 Å². The van der Waals surface area contributed by atoms with Crippen LogP contribution in [0.3, 0.4) is 0 Å². The highest BCUT2D eigenvalue weighted by Gasteiger charge is 2.25. The van der Waals surface area contributed by atoms with Crippen molar-refractivity contribution in [2.45, 2.75) is 19.9 Å². The van der Waals surface area contributed by atoms with E-state index in [0.717, 1.165) is 38.6 Å². The van der Waals surface area contributed by atoms with Gasteiger partial charge >= 0.3 is 0 Å². The Morgan fingerprint density at radius 1 is 1.04 bits per heavy atom. The number of hydrogen-bond acceptors (Lipinski definition) is 3. The minimum atomic E-state index is -0.0578. The van der Waals surface area contributed by atoms with Gasteiger partial charge in [0.15, 0.2) is 5.82 Å². The van der Waals surface area contributed by atoms with Crippen LogP contribution in [0.4, 0.5) is 0 Å². The largest absolute Gasteiger partial charge is 0.281 e. The predicted octanol–water partition coefficient (Wildman–Crippen LogP) is 4.25. The van der Waals surface area contributed by atoms with Crippen molar-refractivity contribution in [1.29, 1.82) is 0 Å². The topological polar surface area (TPSA) is 43.1 Å². The van der Waals surface area contributed by atoms with E-state index >= 15 is 0 Å². The lowest BCUT2D eigenvalue weighted by Gasteiger charge is -2.13. The minimum absolute atomic E-state index is 0.0578. The lowest BCUT2D eigenvalue weighted by molar-refractivity contribution is 0.721. The van der Waals surface area contributed by atoms with Crippen LogP contribution >= 0.6 is 15.9 Å². The van der Waals surface area contributed by atoms with Gasteiger partial charge in [-0.1, -0.05) is 46.3 Å². The number of nitrogens with zero attached hydrogens (tertiary/aromatic N) is 4. The summed E-state index contributed by atoms with van der Waals surface area (Å²) in [6.45, 7) is 4.03. The molecular formula is C18H15BrN4. The fourth-order valence-corrected chi connectivity index (χ4v) is 3.35. The van der Waals surface area contributed by atoms with Gasteiger partial charge in [-0.15, -0.1) is 10.2 Å². The van der Waals surface area contributed by atoms with Crippen molar-refractivity contribution in [2.24, 2.45) is 4.99 Å². The Morgan fingerprint density at radius 2 is 1.83 bits per heavy atom. The number of aryl methyl sites for hydroxylation is 1. The quantitative estimate of drug-likeness (QED) is 0.645. The molecule has 0 radical (unpaired) electrons. The number of halogens is 1. The average molecular weight is 367 g/mol. The highest BCUT2D eigenvalue weighted by atomic mass is 79.9. The minimum Gasteiger partial charge on any atom is -0.281 e. The van der Waals surface area contributed by atoms with Crippen molar-refractivity contribution in [3.05, 3.63) is 75.8 Å². The van der Waals surface area contributed by atoms with E-state index in [2.05, 4.69) is 61.9 Å². The molecule has 1 aromatic heterocycles. The molecule has 0 amide bonds. The smallest absolute Gasteiger partial charge is 0.162 e. The Kier molecular flexibility index (Phi) is 3.38. The normalized spacial score (nSPS) is 16.3. The number of fused-ring (bicyclic) bond motifs is 3. The van der Waals surface area contributed by atoms with Gasteiger partial charge in [0.05, 0.1) is 11.4 Å². The van der Waals surface area contributed by atoms with Gasteiger partial charge in [0.1, 0.15) is 11.9 Å². The molecule has 2 aromatic carbocycles. The average Bonchev–Trinajstić information content (AvgIpc) is 2.89. The molecule has 114 valence electrons. The van der Waals surface area contributed by atoms with E-state index < -0.39 is 0 Å². The van der Waals surface area contributed by atoms with Crippen LogP contribution in [-0.2, 0) is 0 Å².